The van der Waals surface area contributed by atoms with Gasteiger partial charge in [-0.15, -0.1) is 0 Å². The van der Waals surface area contributed by atoms with Crippen LogP contribution in [0.15, 0.2) is 40.9 Å². The van der Waals surface area contributed by atoms with Gasteiger partial charge in [0.1, 0.15) is 5.75 Å². The lowest BCUT2D eigenvalue weighted by molar-refractivity contribution is 0.123. The summed E-state index contributed by atoms with van der Waals surface area (Å²) in [4.78, 5) is 7.05. The predicted octanol–water partition coefficient (Wildman–Crippen LogP) is 4.50. The first kappa shape index (κ1) is 22.0. The van der Waals surface area contributed by atoms with Gasteiger partial charge in [0.05, 0.1) is 40.5 Å². The number of hydrogen-bond donors (Lipinski definition) is 0. The Labute approximate surface area is 188 Å². The number of piperidine rings is 1. The summed E-state index contributed by atoms with van der Waals surface area (Å²) in [5, 5.41) is 4.21. The predicted molar refractivity (Wildman–Crippen MR) is 119 cm³/mol. The van der Waals surface area contributed by atoms with E-state index in [-0.39, 0.29) is 6.04 Å². The molecule has 1 unspecified atom stereocenters. The molecule has 170 valence electrons. The van der Waals surface area contributed by atoms with E-state index in [1.54, 1.807) is 34.5 Å². The van der Waals surface area contributed by atoms with Gasteiger partial charge >= 0.3 is 0 Å². The van der Waals surface area contributed by atoms with E-state index in [0.717, 1.165) is 25.1 Å². The third-order valence-electron chi connectivity index (χ3n) is 5.84. The van der Waals surface area contributed by atoms with E-state index in [4.69, 9.17) is 23.5 Å². The molecule has 1 fully saturated rings. The SMILES string of the molecule is COc1cccc(C2CCCCN2Cc2nc(-c3ccc(OC)c(OC)c3OC)no2)c1. The molecule has 1 aliphatic rings. The van der Waals surface area contributed by atoms with Crippen molar-refractivity contribution in [3.63, 3.8) is 0 Å². The van der Waals surface area contributed by atoms with Crippen LogP contribution >= 0.6 is 0 Å². The largest absolute Gasteiger partial charge is 0.497 e. The highest BCUT2D eigenvalue weighted by molar-refractivity contribution is 5.72. The Hall–Kier alpha value is -3.26. The summed E-state index contributed by atoms with van der Waals surface area (Å²) < 4.78 is 27.5. The number of methoxy groups -OCH3 is 4. The number of aromatic nitrogens is 2. The van der Waals surface area contributed by atoms with Crippen molar-refractivity contribution in [2.75, 3.05) is 35.0 Å². The van der Waals surface area contributed by atoms with Gasteiger partial charge in [-0.1, -0.05) is 23.7 Å². The molecule has 1 aromatic heterocycles. The molecule has 1 saturated heterocycles. The van der Waals surface area contributed by atoms with E-state index >= 15 is 0 Å². The van der Waals surface area contributed by atoms with Crippen LogP contribution in [0.3, 0.4) is 0 Å². The minimum atomic E-state index is 0.282. The highest BCUT2D eigenvalue weighted by atomic mass is 16.5. The summed E-state index contributed by atoms with van der Waals surface area (Å²) >= 11 is 0. The zero-order chi connectivity index (χ0) is 22.5. The number of ether oxygens (including phenoxy) is 4. The normalized spacial score (nSPS) is 16.6. The number of rotatable bonds is 8. The zero-order valence-corrected chi connectivity index (χ0v) is 19.0. The Bertz CT molecular complexity index is 1050. The fourth-order valence-corrected chi connectivity index (χ4v) is 4.29. The van der Waals surface area contributed by atoms with Gasteiger partial charge in [0.25, 0.3) is 0 Å². The lowest BCUT2D eigenvalue weighted by Gasteiger charge is -2.35. The Morgan fingerprint density at radius 2 is 1.81 bits per heavy atom. The molecule has 4 rings (SSSR count). The summed E-state index contributed by atoms with van der Waals surface area (Å²) in [5.74, 6) is 3.46. The molecule has 0 radical (unpaired) electrons. The van der Waals surface area contributed by atoms with Crippen molar-refractivity contribution < 1.29 is 23.5 Å². The Balaban J connectivity index is 1.58. The van der Waals surface area contributed by atoms with Crippen LogP contribution in [-0.2, 0) is 6.54 Å². The van der Waals surface area contributed by atoms with Crippen LogP contribution in [0.5, 0.6) is 23.0 Å². The highest BCUT2D eigenvalue weighted by Gasteiger charge is 2.27. The third kappa shape index (κ3) is 4.36. The average molecular weight is 440 g/mol. The molecule has 0 aliphatic carbocycles. The van der Waals surface area contributed by atoms with Crippen molar-refractivity contribution in [2.24, 2.45) is 0 Å². The van der Waals surface area contributed by atoms with Crippen LogP contribution in [-0.4, -0.2) is 50.0 Å². The molecule has 32 heavy (non-hydrogen) atoms. The third-order valence-corrected chi connectivity index (χ3v) is 5.84. The number of likely N-dealkylation sites (tertiary alicyclic amines) is 1. The maximum absolute atomic E-state index is 5.63. The number of benzene rings is 2. The maximum Gasteiger partial charge on any atom is 0.241 e. The summed E-state index contributed by atoms with van der Waals surface area (Å²) in [6.07, 6.45) is 3.42. The Kier molecular flexibility index (Phi) is 6.80. The van der Waals surface area contributed by atoms with Crippen molar-refractivity contribution in [1.29, 1.82) is 0 Å². The molecule has 0 N–H and O–H groups in total. The molecule has 0 saturated carbocycles. The molecule has 0 amide bonds. The van der Waals surface area contributed by atoms with Crippen LogP contribution in [0, 0.1) is 0 Å². The monoisotopic (exact) mass is 439 g/mol. The van der Waals surface area contributed by atoms with Gasteiger partial charge < -0.3 is 23.5 Å². The molecule has 8 nitrogen and oxygen atoms in total. The molecule has 0 bridgehead atoms. The van der Waals surface area contributed by atoms with Gasteiger partial charge in [-0.05, 0) is 49.2 Å². The fourth-order valence-electron chi connectivity index (χ4n) is 4.29. The minimum absolute atomic E-state index is 0.282. The average Bonchev–Trinajstić information content (AvgIpc) is 3.31. The second-order valence-corrected chi connectivity index (χ2v) is 7.65. The molecular formula is C24H29N3O5. The van der Waals surface area contributed by atoms with Crippen molar-refractivity contribution in [3.05, 3.63) is 47.9 Å². The molecule has 1 atom stereocenters. The molecule has 0 spiro atoms. The first-order valence-electron chi connectivity index (χ1n) is 10.7. The topological polar surface area (TPSA) is 79.1 Å². The Morgan fingerprint density at radius 1 is 0.969 bits per heavy atom. The van der Waals surface area contributed by atoms with Gasteiger partial charge in [0.15, 0.2) is 11.5 Å². The van der Waals surface area contributed by atoms with E-state index in [1.807, 2.05) is 18.2 Å². The molecule has 1 aliphatic heterocycles. The van der Waals surface area contributed by atoms with Crippen LogP contribution in [0.1, 0.15) is 36.8 Å². The van der Waals surface area contributed by atoms with Crippen molar-refractivity contribution in [2.45, 2.75) is 31.8 Å². The van der Waals surface area contributed by atoms with Crippen molar-refractivity contribution in [1.82, 2.24) is 15.0 Å². The molecule has 8 heteroatoms. The first-order valence-corrected chi connectivity index (χ1v) is 10.7. The lowest BCUT2D eigenvalue weighted by atomic mass is 9.95. The smallest absolute Gasteiger partial charge is 0.241 e. The fraction of sp³-hybridized carbons (Fsp3) is 0.417. The van der Waals surface area contributed by atoms with E-state index < -0.39 is 0 Å². The maximum atomic E-state index is 5.63. The van der Waals surface area contributed by atoms with Crippen LogP contribution in [0.25, 0.3) is 11.4 Å². The van der Waals surface area contributed by atoms with Gasteiger partial charge in [0.2, 0.25) is 17.5 Å². The summed E-state index contributed by atoms with van der Waals surface area (Å²) in [6.45, 7) is 1.55. The zero-order valence-electron chi connectivity index (χ0n) is 19.0. The Morgan fingerprint density at radius 3 is 2.56 bits per heavy atom. The van der Waals surface area contributed by atoms with E-state index in [9.17, 15) is 0 Å². The van der Waals surface area contributed by atoms with Crippen LogP contribution in [0.2, 0.25) is 0 Å². The van der Waals surface area contributed by atoms with E-state index in [2.05, 4.69) is 27.2 Å². The standard InChI is InChI=1S/C24H29N3O5/c1-28-17-9-7-8-16(14-17)19-10-5-6-13-27(19)15-21-25-24(26-32-21)18-11-12-20(29-2)23(31-4)22(18)30-3/h7-9,11-12,14,19H,5-6,10,13,15H2,1-4H3. The minimum Gasteiger partial charge on any atom is -0.497 e. The lowest BCUT2D eigenvalue weighted by Crippen LogP contribution is -2.33. The van der Waals surface area contributed by atoms with Crippen LogP contribution < -0.4 is 18.9 Å². The summed E-state index contributed by atoms with van der Waals surface area (Å²) in [6, 6.07) is 12.2. The molecular weight excluding hydrogens is 410 g/mol. The second-order valence-electron chi connectivity index (χ2n) is 7.65. The first-order chi connectivity index (χ1) is 15.7. The number of hydrogen-bond acceptors (Lipinski definition) is 8. The quantitative estimate of drug-likeness (QED) is 0.508. The molecule has 2 aromatic carbocycles. The van der Waals surface area contributed by atoms with Crippen molar-refractivity contribution in [3.8, 4) is 34.4 Å². The van der Waals surface area contributed by atoms with Gasteiger partial charge in [0, 0.05) is 6.04 Å². The van der Waals surface area contributed by atoms with Gasteiger partial charge in [-0.2, -0.15) is 4.98 Å². The van der Waals surface area contributed by atoms with Crippen molar-refractivity contribution >= 4 is 0 Å². The molecule has 2 heterocycles. The number of nitrogens with zero attached hydrogens (tertiary/aromatic N) is 3. The second kappa shape index (κ2) is 9.91. The van der Waals surface area contributed by atoms with Crippen LogP contribution in [0.4, 0.5) is 0 Å². The van der Waals surface area contributed by atoms with E-state index in [0.29, 0.717) is 41.1 Å². The van der Waals surface area contributed by atoms with E-state index in [1.165, 1.54) is 12.0 Å². The summed E-state index contributed by atoms with van der Waals surface area (Å²) in [5.41, 5.74) is 1.92. The molecule has 3 aromatic rings. The van der Waals surface area contributed by atoms with Gasteiger partial charge in [-0.3, -0.25) is 4.90 Å². The summed E-state index contributed by atoms with van der Waals surface area (Å²) in [7, 11) is 6.43. The van der Waals surface area contributed by atoms with Gasteiger partial charge in [-0.25, -0.2) is 0 Å². The highest BCUT2D eigenvalue weighted by Crippen LogP contribution is 2.43.